The SMILES string of the molecule is CCN(CC(=O)NCc1cccc(-c2ccc(C(F)(F)F)cc2)c1)S(=O)(=O)c1ccc(F)cc1. The summed E-state index contributed by atoms with van der Waals surface area (Å²) >= 11 is 0. The molecule has 0 unspecified atom stereocenters. The van der Waals surface area contributed by atoms with E-state index in [9.17, 15) is 30.8 Å². The van der Waals surface area contributed by atoms with Gasteiger partial charge < -0.3 is 5.32 Å². The molecule has 3 rings (SSSR count). The Morgan fingerprint density at radius 3 is 2.18 bits per heavy atom. The maximum Gasteiger partial charge on any atom is 0.416 e. The molecule has 0 aliphatic heterocycles. The monoisotopic (exact) mass is 494 g/mol. The summed E-state index contributed by atoms with van der Waals surface area (Å²) in [6.07, 6.45) is -4.42. The lowest BCUT2D eigenvalue weighted by Gasteiger charge is -2.20. The first-order valence-electron chi connectivity index (χ1n) is 10.3. The van der Waals surface area contributed by atoms with Gasteiger partial charge >= 0.3 is 6.18 Å². The molecule has 0 aliphatic carbocycles. The minimum atomic E-state index is -4.42. The second kappa shape index (κ2) is 10.4. The number of hydrogen-bond acceptors (Lipinski definition) is 3. The summed E-state index contributed by atoms with van der Waals surface area (Å²) in [5, 5.41) is 2.65. The van der Waals surface area contributed by atoms with Gasteiger partial charge in [0.15, 0.2) is 0 Å². The topological polar surface area (TPSA) is 66.5 Å². The first kappa shape index (κ1) is 25.4. The maximum absolute atomic E-state index is 13.1. The van der Waals surface area contributed by atoms with Gasteiger partial charge in [-0.2, -0.15) is 17.5 Å². The van der Waals surface area contributed by atoms with E-state index in [4.69, 9.17) is 0 Å². The number of hydrogen-bond donors (Lipinski definition) is 1. The molecule has 10 heteroatoms. The predicted molar refractivity (Wildman–Crippen MR) is 120 cm³/mol. The van der Waals surface area contributed by atoms with Crippen molar-refractivity contribution < 1.29 is 30.8 Å². The van der Waals surface area contributed by atoms with E-state index < -0.39 is 40.0 Å². The highest BCUT2D eigenvalue weighted by Gasteiger charge is 2.30. The Morgan fingerprint density at radius 1 is 0.941 bits per heavy atom. The van der Waals surface area contributed by atoms with Gasteiger partial charge in [-0.3, -0.25) is 4.79 Å². The molecule has 3 aromatic carbocycles. The number of benzene rings is 3. The first-order chi connectivity index (χ1) is 16.0. The van der Waals surface area contributed by atoms with Crippen LogP contribution in [0.4, 0.5) is 17.6 Å². The van der Waals surface area contributed by atoms with E-state index in [0.29, 0.717) is 16.7 Å². The molecule has 1 N–H and O–H groups in total. The van der Waals surface area contributed by atoms with E-state index in [0.717, 1.165) is 40.7 Å². The Labute approximate surface area is 195 Å². The molecule has 0 saturated carbocycles. The fourth-order valence-electron chi connectivity index (χ4n) is 3.25. The third-order valence-corrected chi connectivity index (χ3v) is 7.02. The molecule has 0 aromatic heterocycles. The highest BCUT2D eigenvalue weighted by Crippen LogP contribution is 2.31. The zero-order chi connectivity index (χ0) is 24.9. The standard InChI is InChI=1S/C24H22F4N2O3S/c1-2-30(34(32,33)22-12-10-21(25)11-13-22)16-23(31)29-15-17-4-3-5-19(14-17)18-6-8-20(9-7-18)24(26,27)28/h3-14H,2,15-16H2,1H3,(H,29,31). The molecule has 0 atom stereocenters. The molecule has 0 fully saturated rings. The average molecular weight is 495 g/mol. The molecular weight excluding hydrogens is 472 g/mol. The minimum absolute atomic E-state index is 0.0382. The highest BCUT2D eigenvalue weighted by atomic mass is 32.2. The second-order valence-corrected chi connectivity index (χ2v) is 9.38. The van der Waals surface area contributed by atoms with Crippen molar-refractivity contribution in [2.45, 2.75) is 24.5 Å². The van der Waals surface area contributed by atoms with Crippen molar-refractivity contribution in [1.82, 2.24) is 9.62 Å². The molecule has 34 heavy (non-hydrogen) atoms. The maximum atomic E-state index is 13.1. The normalized spacial score (nSPS) is 12.1. The largest absolute Gasteiger partial charge is 0.416 e. The highest BCUT2D eigenvalue weighted by molar-refractivity contribution is 7.89. The van der Waals surface area contributed by atoms with Gasteiger partial charge in [0.05, 0.1) is 17.0 Å². The summed E-state index contributed by atoms with van der Waals surface area (Å²) in [6.45, 7) is 1.30. The van der Waals surface area contributed by atoms with Crippen LogP contribution < -0.4 is 5.32 Å². The van der Waals surface area contributed by atoms with Crippen LogP contribution in [0.15, 0.2) is 77.7 Å². The predicted octanol–water partition coefficient (Wildman–Crippen LogP) is 4.84. The van der Waals surface area contributed by atoms with Crippen LogP contribution in [0.3, 0.4) is 0 Å². The van der Waals surface area contributed by atoms with E-state index in [1.807, 2.05) is 0 Å². The first-order valence-corrected chi connectivity index (χ1v) is 11.7. The molecule has 180 valence electrons. The van der Waals surface area contributed by atoms with E-state index in [-0.39, 0.29) is 18.0 Å². The Morgan fingerprint density at radius 2 is 1.59 bits per heavy atom. The van der Waals surface area contributed by atoms with Gasteiger partial charge in [-0.25, -0.2) is 12.8 Å². The smallest absolute Gasteiger partial charge is 0.351 e. The Hall–Kier alpha value is -3.24. The summed E-state index contributed by atoms with van der Waals surface area (Å²) in [6, 6.07) is 16.0. The third-order valence-electron chi connectivity index (χ3n) is 5.09. The Balaban J connectivity index is 1.65. The van der Waals surface area contributed by atoms with Gasteiger partial charge in [0, 0.05) is 13.1 Å². The molecule has 0 heterocycles. The number of nitrogens with one attached hydrogen (secondary N) is 1. The van der Waals surface area contributed by atoms with Crippen molar-refractivity contribution in [3.05, 3.63) is 89.7 Å². The number of nitrogens with zero attached hydrogens (tertiary/aromatic N) is 1. The quantitative estimate of drug-likeness (QED) is 0.456. The summed E-state index contributed by atoms with van der Waals surface area (Å²) in [5.74, 6) is -1.11. The number of rotatable bonds is 8. The van der Waals surface area contributed by atoms with Gasteiger partial charge in [-0.1, -0.05) is 37.3 Å². The van der Waals surface area contributed by atoms with E-state index in [1.165, 1.54) is 12.1 Å². The van der Waals surface area contributed by atoms with E-state index >= 15 is 0 Å². The van der Waals surface area contributed by atoms with Crippen molar-refractivity contribution in [3.63, 3.8) is 0 Å². The van der Waals surface area contributed by atoms with Crippen LogP contribution >= 0.6 is 0 Å². The molecular formula is C24H22F4N2O3S. The van der Waals surface area contributed by atoms with Crippen molar-refractivity contribution in [2.75, 3.05) is 13.1 Å². The number of sulfonamides is 1. The molecule has 0 spiro atoms. The number of halogens is 4. The van der Waals surface area contributed by atoms with Crippen LogP contribution in [-0.4, -0.2) is 31.7 Å². The Kier molecular flexibility index (Phi) is 7.73. The molecule has 0 radical (unpaired) electrons. The molecule has 5 nitrogen and oxygen atoms in total. The second-order valence-electron chi connectivity index (χ2n) is 7.44. The lowest BCUT2D eigenvalue weighted by atomic mass is 10.0. The average Bonchev–Trinajstić information content (AvgIpc) is 2.81. The van der Waals surface area contributed by atoms with Crippen LogP contribution in [-0.2, 0) is 27.5 Å². The molecule has 0 saturated heterocycles. The van der Waals surface area contributed by atoms with E-state index in [2.05, 4.69) is 5.32 Å². The molecule has 0 bridgehead atoms. The fraction of sp³-hybridized carbons (Fsp3) is 0.208. The fourth-order valence-corrected chi connectivity index (χ4v) is 4.66. The van der Waals surface area contributed by atoms with Crippen molar-refractivity contribution in [1.29, 1.82) is 0 Å². The number of carbonyl (C=O) groups is 1. The number of alkyl halides is 3. The Bertz CT molecular complexity index is 1240. The van der Waals surface area contributed by atoms with Crippen LogP contribution in [0.25, 0.3) is 11.1 Å². The molecule has 3 aromatic rings. The van der Waals surface area contributed by atoms with Gasteiger partial charge in [-0.05, 0) is 59.2 Å². The van der Waals surface area contributed by atoms with Crippen LogP contribution in [0.1, 0.15) is 18.1 Å². The minimum Gasteiger partial charge on any atom is -0.351 e. The number of amides is 1. The van der Waals surface area contributed by atoms with Crippen molar-refractivity contribution in [3.8, 4) is 11.1 Å². The van der Waals surface area contributed by atoms with Crippen molar-refractivity contribution in [2.24, 2.45) is 0 Å². The van der Waals surface area contributed by atoms with Crippen LogP contribution in [0.5, 0.6) is 0 Å². The number of likely N-dealkylation sites (N-methyl/N-ethyl adjacent to an activating group) is 1. The van der Waals surface area contributed by atoms with Gasteiger partial charge in [0.2, 0.25) is 15.9 Å². The van der Waals surface area contributed by atoms with Crippen LogP contribution in [0, 0.1) is 5.82 Å². The van der Waals surface area contributed by atoms with Gasteiger partial charge in [0.25, 0.3) is 0 Å². The zero-order valence-electron chi connectivity index (χ0n) is 18.1. The summed E-state index contributed by atoms with van der Waals surface area (Å²) < 4.78 is 77.8. The summed E-state index contributed by atoms with van der Waals surface area (Å²) in [5.41, 5.74) is 1.21. The van der Waals surface area contributed by atoms with Crippen molar-refractivity contribution >= 4 is 15.9 Å². The van der Waals surface area contributed by atoms with E-state index in [1.54, 1.807) is 31.2 Å². The number of carbonyl (C=O) groups excluding carboxylic acids is 1. The molecule has 0 aliphatic rings. The van der Waals surface area contributed by atoms with Gasteiger partial charge in [-0.15, -0.1) is 0 Å². The summed E-state index contributed by atoms with van der Waals surface area (Å²) in [4.78, 5) is 12.3. The lowest BCUT2D eigenvalue weighted by molar-refractivity contribution is -0.137. The summed E-state index contributed by atoms with van der Waals surface area (Å²) in [7, 11) is -3.98. The van der Waals surface area contributed by atoms with Crippen LogP contribution in [0.2, 0.25) is 0 Å². The lowest BCUT2D eigenvalue weighted by Crippen LogP contribution is -2.40. The molecule has 1 amide bonds. The zero-order valence-corrected chi connectivity index (χ0v) is 19.0. The third kappa shape index (κ3) is 6.21. The van der Waals surface area contributed by atoms with Gasteiger partial charge in [0.1, 0.15) is 5.82 Å².